The Kier molecular flexibility index (Phi) is 6.69. The van der Waals surface area contributed by atoms with Crippen LogP contribution < -0.4 is 24.8 Å². The summed E-state index contributed by atoms with van der Waals surface area (Å²) in [5.41, 5.74) is 0.516. The molecule has 0 radical (unpaired) electrons. The summed E-state index contributed by atoms with van der Waals surface area (Å²) in [5, 5.41) is 6.40. The normalized spacial score (nSPS) is 15.9. The van der Waals surface area contributed by atoms with Gasteiger partial charge in [-0.25, -0.2) is 4.99 Å². The molecule has 0 saturated heterocycles. The highest BCUT2D eigenvalue weighted by Gasteiger charge is 2.23. The van der Waals surface area contributed by atoms with Crippen LogP contribution in [0.5, 0.6) is 17.2 Å². The second-order valence-corrected chi connectivity index (χ2v) is 5.31. The van der Waals surface area contributed by atoms with Crippen molar-refractivity contribution in [1.82, 2.24) is 10.6 Å². The second-order valence-electron chi connectivity index (χ2n) is 5.31. The van der Waals surface area contributed by atoms with Crippen molar-refractivity contribution in [2.75, 3.05) is 13.3 Å². The number of ether oxygens (including phenoxy) is 3. The fourth-order valence-electron chi connectivity index (χ4n) is 2.20. The lowest BCUT2D eigenvalue weighted by Gasteiger charge is -2.13. The molecule has 1 saturated carbocycles. The van der Waals surface area contributed by atoms with Gasteiger partial charge in [0.1, 0.15) is 5.75 Å². The highest BCUT2D eigenvalue weighted by atomic mass is 127. The zero-order valence-corrected chi connectivity index (χ0v) is 15.5. The first-order valence-corrected chi connectivity index (χ1v) is 7.58. The van der Waals surface area contributed by atoms with Crippen molar-refractivity contribution in [2.24, 2.45) is 4.99 Å². The van der Waals surface area contributed by atoms with Crippen LogP contribution in [-0.2, 0) is 6.54 Å². The molecule has 1 aromatic carbocycles. The van der Waals surface area contributed by atoms with E-state index in [-0.39, 0.29) is 43.1 Å². The molecule has 24 heavy (non-hydrogen) atoms. The van der Waals surface area contributed by atoms with Gasteiger partial charge in [0, 0.05) is 24.2 Å². The van der Waals surface area contributed by atoms with E-state index in [1.165, 1.54) is 6.07 Å². The maximum Gasteiger partial charge on any atom is 0.387 e. The number of hydrogen-bond donors (Lipinski definition) is 2. The van der Waals surface area contributed by atoms with Gasteiger partial charge in [-0.15, -0.1) is 24.0 Å². The van der Waals surface area contributed by atoms with E-state index >= 15 is 0 Å². The van der Waals surface area contributed by atoms with Gasteiger partial charge in [-0.3, -0.25) is 0 Å². The third kappa shape index (κ3) is 4.99. The van der Waals surface area contributed by atoms with E-state index in [0.717, 1.165) is 19.4 Å². The SMILES string of the molecule is CCNC(=NCc1cc2c(cc1OC(F)F)OCO2)NC1CC1.I. The Morgan fingerprint density at radius 2 is 2.04 bits per heavy atom. The lowest BCUT2D eigenvalue weighted by atomic mass is 10.1. The van der Waals surface area contributed by atoms with Gasteiger partial charge in [-0.05, 0) is 25.8 Å². The standard InChI is InChI=1S/C15H19F2N3O3.HI/c1-2-18-15(20-10-3-4-10)19-7-9-5-12-13(22-8-21-12)6-11(9)23-14(16)17;/h5-6,10,14H,2-4,7-8H2,1H3,(H2,18,19,20);1H. The van der Waals surface area contributed by atoms with E-state index in [2.05, 4.69) is 20.4 Å². The van der Waals surface area contributed by atoms with Crippen LogP contribution in [0.1, 0.15) is 25.3 Å². The first-order valence-electron chi connectivity index (χ1n) is 7.58. The van der Waals surface area contributed by atoms with E-state index in [1.54, 1.807) is 6.07 Å². The predicted octanol–water partition coefficient (Wildman–Crippen LogP) is 2.85. The summed E-state index contributed by atoms with van der Waals surface area (Å²) in [6.45, 7) is 0.0507. The average molecular weight is 455 g/mol. The Balaban J connectivity index is 0.00000208. The number of halogens is 3. The Hall–Kier alpha value is -1.52. The Labute approximate surface area is 156 Å². The second kappa shape index (κ2) is 8.54. The molecule has 9 heteroatoms. The summed E-state index contributed by atoms with van der Waals surface area (Å²) >= 11 is 0. The number of benzene rings is 1. The fourth-order valence-corrected chi connectivity index (χ4v) is 2.20. The molecule has 0 amide bonds. The van der Waals surface area contributed by atoms with Gasteiger partial charge in [0.05, 0.1) is 6.54 Å². The molecule has 2 N–H and O–H groups in total. The summed E-state index contributed by atoms with van der Waals surface area (Å²) in [6.07, 6.45) is 2.24. The smallest absolute Gasteiger partial charge is 0.387 e. The molecule has 3 rings (SSSR count). The van der Waals surface area contributed by atoms with Crippen molar-refractivity contribution in [2.45, 2.75) is 39.0 Å². The molecule has 6 nitrogen and oxygen atoms in total. The molecule has 0 unspecified atom stereocenters. The molecule has 1 fully saturated rings. The lowest BCUT2D eigenvalue weighted by Crippen LogP contribution is -2.38. The van der Waals surface area contributed by atoms with Gasteiger partial charge in [0.2, 0.25) is 6.79 Å². The highest BCUT2D eigenvalue weighted by Crippen LogP contribution is 2.39. The van der Waals surface area contributed by atoms with Crippen LogP contribution in [0.4, 0.5) is 8.78 Å². The summed E-state index contributed by atoms with van der Waals surface area (Å²) in [6, 6.07) is 3.49. The van der Waals surface area contributed by atoms with Gasteiger partial charge in [-0.1, -0.05) is 0 Å². The first-order chi connectivity index (χ1) is 11.2. The number of nitrogens with zero attached hydrogens (tertiary/aromatic N) is 1. The Morgan fingerprint density at radius 1 is 1.33 bits per heavy atom. The third-order valence-corrected chi connectivity index (χ3v) is 3.44. The van der Waals surface area contributed by atoms with E-state index in [0.29, 0.717) is 29.1 Å². The van der Waals surface area contributed by atoms with Gasteiger partial charge < -0.3 is 24.8 Å². The lowest BCUT2D eigenvalue weighted by molar-refractivity contribution is -0.0505. The Bertz CT molecular complexity index is 598. The molecular weight excluding hydrogens is 435 g/mol. The number of fused-ring (bicyclic) bond motifs is 1. The topological polar surface area (TPSA) is 64.1 Å². The van der Waals surface area contributed by atoms with Crippen molar-refractivity contribution >= 4 is 29.9 Å². The summed E-state index contributed by atoms with van der Waals surface area (Å²) in [5.74, 6) is 1.62. The quantitative estimate of drug-likeness (QED) is 0.393. The first kappa shape index (κ1) is 18.8. The zero-order chi connectivity index (χ0) is 16.2. The van der Waals surface area contributed by atoms with Gasteiger partial charge in [-0.2, -0.15) is 8.78 Å². The predicted molar refractivity (Wildman–Crippen MR) is 95.6 cm³/mol. The maximum absolute atomic E-state index is 12.6. The summed E-state index contributed by atoms with van der Waals surface area (Å²) in [4.78, 5) is 4.43. The van der Waals surface area contributed by atoms with Crippen molar-refractivity contribution in [3.63, 3.8) is 0 Å². The molecule has 0 aromatic heterocycles. The molecule has 0 spiro atoms. The van der Waals surface area contributed by atoms with E-state index < -0.39 is 6.61 Å². The molecule has 134 valence electrons. The minimum atomic E-state index is -2.91. The van der Waals surface area contributed by atoms with Gasteiger partial charge in [0.15, 0.2) is 17.5 Å². The number of guanidine groups is 1. The van der Waals surface area contributed by atoms with Crippen LogP contribution >= 0.6 is 24.0 Å². The molecule has 1 heterocycles. The largest absolute Gasteiger partial charge is 0.454 e. The monoisotopic (exact) mass is 455 g/mol. The van der Waals surface area contributed by atoms with E-state index in [1.807, 2.05) is 6.92 Å². The highest BCUT2D eigenvalue weighted by molar-refractivity contribution is 14.0. The average Bonchev–Trinajstić information content (AvgIpc) is 3.20. The summed E-state index contributed by atoms with van der Waals surface area (Å²) < 4.78 is 40.2. The van der Waals surface area contributed by atoms with Crippen LogP contribution in [0.2, 0.25) is 0 Å². The number of alkyl halides is 2. The van der Waals surface area contributed by atoms with Crippen molar-refractivity contribution < 1.29 is 23.0 Å². The minimum Gasteiger partial charge on any atom is -0.454 e. The molecule has 0 bridgehead atoms. The third-order valence-electron chi connectivity index (χ3n) is 3.44. The maximum atomic E-state index is 12.6. The molecule has 2 aliphatic rings. The van der Waals surface area contributed by atoms with Crippen LogP contribution in [-0.4, -0.2) is 32.0 Å². The molecule has 1 aromatic rings. The molecule has 1 aliphatic heterocycles. The molecular formula is C15H20F2IN3O3. The number of aliphatic imine (C=N–C) groups is 1. The van der Waals surface area contributed by atoms with E-state index in [4.69, 9.17) is 9.47 Å². The van der Waals surface area contributed by atoms with Gasteiger partial charge >= 0.3 is 6.61 Å². The molecule has 0 atom stereocenters. The fraction of sp³-hybridized carbons (Fsp3) is 0.533. The van der Waals surface area contributed by atoms with Crippen molar-refractivity contribution in [1.29, 1.82) is 0 Å². The van der Waals surface area contributed by atoms with Crippen LogP contribution in [0, 0.1) is 0 Å². The van der Waals surface area contributed by atoms with Crippen molar-refractivity contribution in [3.8, 4) is 17.2 Å². The van der Waals surface area contributed by atoms with Crippen LogP contribution in [0.3, 0.4) is 0 Å². The zero-order valence-electron chi connectivity index (χ0n) is 13.2. The summed E-state index contributed by atoms with van der Waals surface area (Å²) in [7, 11) is 0. The minimum absolute atomic E-state index is 0. The number of rotatable bonds is 6. The van der Waals surface area contributed by atoms with Crippen LogP contribution in [0.25, 0.3) is 0 Å². The molecule has 1 aliphatic carbocycles. The number of nitrogens with one attached hydrogen (secondary N) is 2. The van der Waals surface area contributed by atoms with Gasteiger partial charge in [0.25, 0.3) is 0 Å². The van der Waals surface area contributed by atoms with Crippen molar-refractivity contribution in [3.05, 3.63) is 17.7 Å². The van der Waals surface area contributed by atoms with Crippen LogP contribution in [0.15, 0.2) is 17.1 Å². The Morgan fingerprint density at radius 3 is 2.67 bits per heavy atom. The van der Waals surface area contributed by atoms with E-state index in [9.17, 15) is 8.78 Å². The number of hydrogen-bond acceptors (Lipinski definition) is 4.